The van der Waals surface area contributed by atoms with Crippen LogP contribution in [-0.4, -0.2) is 15.0 Å². The maximum absolute atomic E-state index is 9.52. The lowest BCUT2D eigenvalue weighted by atomic mass is 9.95. The van der Waals surface area contributed by atoms with Crippen LogP contribution in [0.3, 0.4) is 0 Å². The minimum atomic E-state index is 0.637. The zero-order valence-corrected chi connectivity index (χ0v) is 22.6. The van der Waals surface area contributed by atoms with E-state index in [0.717, 1.165) is 49.7 Å². The Labute approximate surface area is 244 Å². The summed E-state index contributed by atoms with van der Waals surface area (Å²) in [5.41, 5.74) is 7.74. The summed E-state index contributed by atoms with van der Waals surface area (Å²) in [6.45, 7) is 0. The van der Waals surface area contributed by atoms with Gasteiger partial charge >= 0.3 is 0 Å². The van der Waals surface area contributed by atoms with E-state index in [0.29, 0.717) is 23.0 Å². The zero-order chi connectivity index (χ0) is 28.3. The highest BCUT2D eigenvalue weighted by Gasteiger charge is 2.12. The minimum Gasteiger partial charge on any atom is -0.208 e. The van der Waals surface area contributed by atoms with Crippen molar-refractivity contribution in [3.63, 3.8) is 0 Å². The predicted octanol–water partition coefficient (Wildman–Crippen LogP) is 9.23. The van der Waals surface area contributed by atoms with Gasteiger partial charge in [-0.05, 0) is 51.2 Å². The van der Waals surface area contributed by atoms with Crippen LogP contribution in [0.1, 0.15) is 5.56 Å². The summed E-state index contributed by atoms with van der Waals surface area (Å²) in [4.78, 5) is 14.5. The second-order valence-electron chi connectivity index (χ2n) is 10.0. The number of fused-ring (bicyclic) bond motifs is 1. The molecule has 1 heterocycles. The van der Waals surface area contributed by atoms with Gasteiger partial charge < -0.3 is 0 Å². The Morgan fingerprint density at radius 3 is 1.38 bits per heavy atom. The second kappa shape index (κ2) is 10.9. The number of aromatic nitrogens is 3. The summed E-state index contributed by atoms with van der Waals surface area (Å²) in [7, 11) is 0. The van der Waals surface area contributed by atoms with Crippen LogP contribution in [0.2, 0.25) is 0 Å². The minimum absolute atomic E-state index is 0.637. The molecular weight excluding hydrogens is 512 g/mol. The molecule has 1 aromatic heterocycles. The van der Waals surface area contributed by atoms with Gasteiger partial charge in [-0.2, -0.15) is 5.26 Å². The van der Waals surface area contributed by atoms with Gasteiger partial charge in [-0.3, -0.25) is 0 Å². The van der Waals surface area contributed by atoms with Gasteiger partial charge in [-0.25, -0.2) is 15.0 Å². The summed E-state index contributed by atoms with van der Waals surface area (Å²) in [5.74, 6) is 1.93. The van der Waals surface area contributed by atoms with Crippen LogP contribution in [0.4, 0.5) is 0 Å². The maximum Gasteiger partial charge on any atom is 0.164 e. The van der Waals surface area contributed by atoms with Gasteiger partial charge in [0, 0.05) is 16.7 Å². The largest absolute Gasteiger partial charge is 0.208 e. The molecule has 0 bridgehead atoms. The van der Waals surface area contributed by atoms with Crippen LogP contribution in [0.15, 0.2) is 146 Å². The third kappa shape index (κ3) is 4.92. The molecule has 0 aliphatic carbocycles. The van der Waals surface area contributed by atoms with Crippen LogP contribution in [0.5, 0.6) is 0 Å². The Kier molecular flexibility index (Phi) is 6.52. The van der Waals surface area contributed by atoms with Crippen molar-refractivity contribution in [3.8, 4) is 62.5 Å². The molecule has 196 valence electrons. The molecule has 7 aromatic rings. The van der Waals surface area contributed by atoms with E-state index < -0.39 is 0 Å². The number of hydrogen-bond acceptors (Lipinski definition) is 4. The molecule has 0 fully saturated rings. The van der Waals surface area contributed by atoms with Gasteiger partial charge in [0.1, 0.15) is 0 Å². The average molecular weight is 537 g/mol. The monoisotopic (exact) mass is 536 g/mol. The van der Waals surface area contributed by atoms with Gasteiger partial charge in [-0.15, -0.1) is 0 Å². The quantitative estimate of drug-likeness (QED) is 0.220. The molecule has 0 spiro atoms. The van der Waals surface area contributed by atoms with Crippen LogP contribution in [0.25, 0.3) is 67.2 Å². The molecule has 0 aliphatic rings. The highest BCUT2D eigenvalue weighted by Crippen LogP contribution is 2.31. The Morgan fingerprint density at radius 1 is 0.381 bits per heavy atom. The van der Waals surface area contributed by atoms with Gasteiger partial charge in [0.05, 0.1) is 11.6 Å². The normalized spacial score (nSPS) is 10.8. The van der Waals surface area contributed by atoms with Crippen molar-refractivity contribution in [2.45, 2.75) is 0 Å². The molecule has 4 heteroatoms. The van der Waals surface area contributed by atoms with E-state index in [2.05, 4.69) is 66.7 Å². The molecule has 6 aromatic carbocycles. The van der Waals surface area contributed by atoms with Crippen molar-refractivity contribution < 1.29 is 0 Å². The average Bonchev–Trinajstić information content (AvgIpc) is 3.08. The number of benzene rings is 6. The Bertz CT molecular complexity index is 2020. The van der Waals surface area contributed by atoms with Crippen LogP contribution < -0.4 is 0 Å². The lowest BCUT2D eigenvalue weighted by Gasteiger charge is -2.10. The first-order valence-electron chi connectivity index (χ1n) is 13.8. The third-order valence-electron chi connectivity index (χ3n) is 7.37. The molecule has 7 rings (SSSR count). The van der Waals surface area contributed by atoms with Crippen molar-refractivity contribution in [1.82, 2.24) is 15.0 Å². The van der Waals surface area contributed by atoms with Crippen LogP contribution >= 0.6 is 0 Å². The standard InChI is InChI=1S/C38H24N4/c39-25-34-13-7-8-14-35(34)33-22-21-31-23-30(19-20-32(31)24-33)26-15-17-29(18-16-26)38-41-36(27-9-3-1-4-10-27)40-37(42-38)28-11-5-2-6-12-28/h1-24H. The molecule has 0 atom stereocenters. The van der Waals surface area contributed by atoms with E-state index in [4.69, 9.17) is 15.0 Å². The van der Waals surface area contributed by atoms with Crippen molar-refractivity contribution in [1.29, 1.82) is 5.26 Å². The summed E-state index contributed by atoms with van der Waals surface area (Å²) in [5, 5.41) is 11.8. The molecule has 0 amide bonds. The summed E-state index contributed by atoms with van der Waals surface area (Å²) >= 11 is 0. The fraction of sp³-hybridized carbons (Fsp3) is 0. The molecule has 0 N–H and O–H groups in total. The van der Waals surface area contributed by atoms with E-state index in [1.807, 2.05) is 84.9 Å². The fourth-order valence-electron chi connectivity index (χ4n) is 5.17. The highest BCUT2D eigenvalue weighted by atomic mass is 15.0. The Morgan fingerprint density at radius 2 is 0.810 bits per heavy atom. The molecule has 0 unspecified atom stereocenters. The van der Waals surface area contributed by atoms with E-state index in [1.54, 1.807) is 0 Å². The number of rotatable bonds is 5. The Balaban J connectivity index is 1.23. The first-order chi connectivity index (χ1) is 20.7. The first kappa shape index (κ1) is 25.1. The molecular formula is C38H24N4. The molecule has 4 nitrogen and oxygen atoms in total. The van der Waals surface area contributed by atoms with Gasteiger partial charge in [-0.1, -0.05) is 127 Å². The summed E-state index contributed by atoms with van der Waals surface area (Å²) < 4.78 is 0. The topological polar surface area (TPSA) is 62.5 Å². The van der Waals surface area contributed by atoms with Crippen molar-refractivity contribution >= 4 is 10.8 Å². The van der Waals surface area contributed by atoms with E-state index in [9.17, 15) is 5.26 Å². The van der Waals surface area contributed by atoms with Gasteiger partial charge in [0.25, 0.3) is 0 Å². The zero-order valence-electron chi connectivity index (χ0n) is 22.6. The molecule has 0 aliphatic heterocycles. The first-order valence-corrected chi connectivity index (χ1v) is 13.8. The molecule has 42 heavy (non-hydrogen) atoms. The lowest BCUT2D eigenvalue weighted by Crippen LogP contribution is -2.00. The lowest BCUT2D eigenvalue weighted by molar-refractivity contribution is 1.07. The predicted molar refractivity (Wildman–Crippen MR) is 169 cm³/mol. The third-order valence-corrected chi connectivity index (χ3v) is 7.37. The SMILES string of the molecule is N#Cc1ccccc1-c1ccc2cc(-c3ccc(-c4nc(-c5ccccc5)nc(-c5ccccc5)n4)cc3)ccc2c1. The van der Waals surface area contributed by atoms with E-state index in [1.165, 1.54) is 0 Å². The number of nitriles is 1. The van der Waals surface area contributed by atoms with Crippen molar-refractivity contribution in [2.75, 3.05) is 0 Å². The van der Waals surface area contributed by atoms with Crippen molar-refractivity contribution in [3.05, 3.63) is 151 Å². The number of nitrogens with zero attached hydrogens (tertiary/aromatic N) is 4. The Hall–Kier alpha value is -5.92. The second-order valence-corrected chi connectivity index (χ2v) is 10.0. The molecule has 0 saturated heterocycles. The van der Waals surface area contributed by atoms with Crippen LogP contribution in [0, 0.1) is 11.3 Å². The van der Waals surface area contributed by atoms with Gasteiger partial charge in [0.2, 0.25) is 0 Å². The highest BCUT2D eigenvalue weighted by molar-refractivity contribution is 5.91. The van der Waals surface area contributed by atoms with Crippen LogP contribution in [-0.2, 0) is 0 Å². The number of hydrogen-bond donors (Lipinski definition) is 0. The fourth-order valence-corrected chi connectivity index (χ4v) is 5.17. The summed E-state index contributed by atoms with van der Waals surface area (Å²) in [6.07, 6.45) is 0. The summed E-state index contributed by atoms with van der Waals surface area (Å²) in [6, 6.07) is 51.2. The van der Waals surface area contributed by atoms with Gasteiger partial charge in [0.15, 0.2) is 17.5 Å². The van der Waals surface area contributed by atoms with Crippen molar-refractivity contribution in [2.24, 2.45) is 0 Å². The van der Waals surface area contributed by atoms with E-state index in [-0.39, 0.29) is 0 Å². The maximum atomic E-state index is 9.52. The smallest absolute Gasteiger partial charge is 0.164 e. The molecule has 0 radical (unpaired) electrons. The molecule has 0 saturated carbocycles. The van der Waals surface area contributed by atoms with E-state index >= 15 is 0 Å².